The van der Waals surface area contributed by atoms with Gasteiger partial charge in [-0.2, -0.15) is 0 Å². The van der Waals surface area contributed by atoms with Crippen LogP contribution in [0.3, 0.4) is 0 Å². The molecule has 3 heteroatoms. The van der Waals surface area contributed by atoms with Crippen molar-refractivity contribution in [3.63, 3.8) is 0 Å². The van der Waals surface area contributed by atoms with Crippen LogP contribution >= 0.6 is 0 Å². The van der Waals surface area contributed by atoms with Gasteiger partial charge in [-0.25, -0.2) is 4.39 Å². The van der Waals surface area contributed by atoms with Gasteiger partial charge in [-0.05, 0) is 30.9 Å². The van der Waals surface area contributed by atoms with Gasteiger partial charge in [-0.15, -0.1) is 0 Å². The van der Waals surface area contributed by atoms with Gasteiger partial charge >= 0.3 is 0 Å². The zero-order valence-corrected chi connectivity index (χ0v) is 9.62. The van der Waals surface area contributed by atoms with Crippen LogP contribution in [-0.2, 0) is 0 Å². The molecular weight excluding hydrogens is 219 g/mol. The van der Waals surface area contributed by atoms with E-state index >= 15 is 0 Å². The molecule has 0 spiro atoms. The summed E-state index contributed by atoms with van der Waals surface area (Å²) in [5.41, 5.74) is 0.528. The van der Waals surface area contributed by atoms with E-state index in [0.29, 0.717) is 23.7 Å². The molecule has 0 amide bonds. The summed E-state index contributed by atoms with van der Waals surface area (Å²) in [4.78, 5) is 12.0. The minimum absolute atomic E-state index is 0.0423. The van der Waals surface area contributed by atoms with Gasteiger partial charge in [0.2, 0.25) is 0 Å². The van der Waals surface area contributed by atoms with Crippen molar-refractivity contribution in [1.82, 2.24) is 0 Å². The number of benzene rings is 1. The first-order valence-corrected chi connectivity index (χ1v) is 6.23. The molecule has 1 atom stereocenters. The predicted molar refractivity (Wildman–Crippen MR) is 61.7 cm³/mol. The molecule has 2 aliphatic rings. The van der Waals surface area contributed by atoms with Crippen LogP contribution in [0.1, 0.15) is 42.5 Å². The maximum atomic E-state index is 13.1. The smallest absolute Gasteiger partial charge is 0.170 e. The lowest BCUT2D eigenvalue weighted by atomic mass is 9.91. The zero-order chi connectivity index (χ0) is 11.8. The molecule has 1 fully saturated rings. The summed E-state index contributed by atoms with van der Waals surface area (Å²) in [5, 5.41) is 0. The number of ether oxygens (including phenoxy) is 1. The van der Waals surface area contributed by atoms with E-state index < -0.39 is 0 Å². The molecule has 3 rings (SSSR count). The second-order valence-corrected chi connectivity index (χ2v) is 4.97. The van der Waals surface area contributed by atoms with Crippen molar-refractivity contribution >= 4 is 5.78 Å². The molecular formula is C14H15FO2. The SMILES string of the molecule is O=C1CC(C2CCCC2)Oc2cc(F)ccc21. The summed E-state index contributed by atoms with van der Waals surface area (Å²) in [6.07, 6.45) is 5.09. The quantitative estimate of drug-likeness (QED) is 0.744. The van der Waals surface area contributed by atoms with Crippen molar-refractivity contribution in [3.05, 3.63) is 29.6 Å². The number of halogens is 1. The van der Waals surface area contributed by atoms with Crippen molar-refractivity contribution in [2.45, 2.75) is 38.2 Å². The van der Waals surface area contributed by atoms with Gasteiger partial charge in [-0.3, -0.25) is 4.79 Å². The van der Waals surface area contributed by atoms with Crippen LogP contribution in [0, 0.1) is 11.7 Å². The summed E-state index contributed by atoms with van der Waals surface area (Å²) in [6, 6.07) is 4.17. The molecule has 0 N–H and O–H groups in total. The highest BCUT2D eigenvalue weighted by Crippen LogP contribution is 2.36. The normalized spacial score (nSPS) is 24.5. The lowest BCUT2D eigenvalue weighted by Gasteiger charge is -2.29. The van der Waals surface area contributed by atoms with E-state index in [-0.39, 0.29) is 17.7 Å². The van der Waals surface area contributed by atoms with E-state index in [1.165, 1.54) is 31.0 Å². The average Bonchev–Trinajstić information content (AvgIpc) is 2.81. The number of carbonyl (C=O) groups is 1. The van der Waals surface area contributed by atoms with E-state index in [0.717, 1.165) is 12.8 Å². The summed E-state index contributed by atoms with van der Waals surface area (Å²) >= 11 is 0. The molecule has 1 unspecified atom stereocenters. The van der Waals surface area contributed by atoms with E-state index in [2.05, 4.69) is 0 Å². The summed E-state index contributed by atoms with van der Waals surface area (Å²) in [7, 11) is 0. The molecule has 1 aromatic carbocycles. The van der Waals surface area contributed by atoms with Crippen molar-refractivity contribution in [2.24, 2.45) is 5.92 Å². The summed E-state index contributed by atoms with van der Waals surface area (Å²) in [5.74, 6) is 0.639. The monoisotopic (exact) mass is 234 g/mol. The topological polar surface area (TPSA) is 26.3 Å². The highest BCUT2D eigenvalue weighted by atomic mass is 19.1. The third-order valence-corrected chi connectivity index (χ3v) is 3.83. The molecule has 1 saturated carbocycles. The highest BCUT2D eigenvalue weighted by Gasteiger charge is 2.33. The Morgan fingerprint density at radius 3 is 2.76 bits per heavy atom. The van der Waals surface area contributed by atoms with Gasteiger partial charge < -0.3 is 4.74 Å². The van der Waals surface area contributed by atoms with Crippen molar-refractivity contribution < 1.29 is 13.9 Å². The molecule has 1 aliphatic heterocycles. The Kier molecular flexibility index (Phi) is 2.61. The van der Waals surface area contributed by atoms with Gasteiger partial charge in [0, 0.05) is 12.5 Å². The number of fused-ring (bicyclic) bond motifs is 1. The lowest BCUT2D eigenvalue weighted by Crippen LogP contribution is -2.32. The minimum atomic E-state index is -0.344. The first-order chi connectivity index (χ1) is 8.24. The second kappa shape index (κ2) is 4.13. The lowest BCUT2D eigenvalue weighted by molar-refractivity contribution is 0.0736. The second-order valence-electron chi connectivity index (χ2n) is 4.97. The molecule has 1 aromatic rings. The average molecular weight is 234 g/mol. The fraction of sp³-hybridized carbons (Fsp3) is 0.500. The fourth-order valence-corrected chi connectivity index (χ4v) is 2.91. The third kappa shape index (κ3) is 1.94. The molecule has 1 heterocycles. The van der Waals surface area contributed by atoms with Crippen LogP contribution in [0.25, 0.3) is 0 Å². The molecule has 90 valence electrons. The van der Waals surface area contributed by atoms with Gasteiger partial charge in [0.1, 0.15) is 17.7 Å². The Labute approximate surface area is 99.8 Å². The zero-order valence-electron chi connectivity index (χ0n) is 9.62. The Morgan fingerprint density at radius 2 is 2.00 bits per heavy atom. The van der Waals surface area contributed by atoms with Crippen LogP contribution in [0.15, 0.2) is 18.2 Å². The molecule has 17 heavy (non-hydrogen) atoms. The van der Waals surface area contributed by atoms with Gasteiger partial charge in [-0.1, -0.05) is 12.8 Å². The number of hydrogen-bond donors (Lipinski definition) is 0. The van der Waals surface area contributed by atoms with Gasteiger partial charge in [0.05, 0.1) is 5.56 Å². The van der Waals surface area contributed by atoms with Crippen LogP contribution in [-0.4, -0.2) is 11.9 Å². The number of ketones is 1. The maximum absolute atomic E-state index is 13.1. The van der Waals surface area contributed by atoms with E-state index in [4.69, 9.17) is 4.74 Å². The molecule has 0 radical (unpaired) electrons. The first-order valence-electron chi connectivity index (χ1n) is 6.23. The number of Topliss-reactive ketones (excluding diaryl/α,β-unsaturated/α-hetero) is 1. The molecule has 2 nitrogen and oxygen atoms in total. The summed E-state index contributed by atoms with van der Waals surface area (Å²) in [6.45, 7) is 0. The van der Waals surface area contributed by atoms with Gasteiger partial charge in [0.15, 0.2) is 5.78 Å². The number of rotatable bonds is 1. The van der Waals surface area contributed by atoms with Crippen molar-refractivity contribution in [3.8, 4) is 5.75 Å². The highest BCUT2D eigenvalue weighted by molar-refractivity contribution is 5.99. The van der Waals surface area contributed by atoms with Crippen molar-refractivity contribution in [2.75, 3.05) is 0 Å². The number of carbonyl (C=O) groups excluding carboxylic acids is 1. The Morgan fingerprint density at radius 1 is 1.24 bits per heavy atom. The molecule has 1 aliphatic carbocycles. The van der Waals surface area contributed by atoms with E-state index in [1.807, 2.05) is 0 Å². The van der Waals surface area contributed by atoms with E-state index in [1.54, 1.807) is 0 Å². The minimum Gasteiger partial charge on any atom is -0.489 e. The molecule has 0 aromatic heterocycles. The maximum Gasteiger partial charge on any atom is 0.170 e. The Hall–Kier alpha value is -1.38. The van der Waals surface area contributed by atoms with Gasteiger partial charge in [0.25, 0.3) is 0 Å². The first kappa shape index (κ1) is 10.8. The van der Waals surface area contributed by atoms with Crippen LogP contribution in [0.5, 0.6) is 5.75 Å². The third-order valence-electron chi connectivity index (χ3n) is 3.83. The van der Waals surface area contributed by atoms with Crippen LogP contribution in [0.4, 0.5) is 4.39 Å². The molecule has 0 bridgehead atoms. The largest absolute Gasteiger partial charge is 0.489 e. The summed E-state index contributed by atoms with van der Waals surface area (Å²) < 4.78 is 18.9. The Balaban J connectivity index is 1.88. The molecule has 0 saturated heterocycles. The van der Waals surface area contributed by atoms with E-state index in [9.17, 15) is 9.18 Å². The fourth-order valence-electron chi connectivity index (χ4n) is 2.91. The number of hydrogen-bond acceptors (Lipinski definition) is 2. The van der Waals surface area contributed by atoms with Crippen LogP contribution in [0.2, 0.25) is 0 Å². The van der Waals surface area contributed by atoms with Crippen LogP contribution < -0.4 is 4.74 Å². The standard InChI is InChI=1S/C14H15FO2/c15-10-5-6-11-12(16)8-13(17-14(11)7-10)9-3-1-2-4-9/h5-7,9,13H,1-4,8H2. The van der Waals surface area contributed by atoms with Crippen molar-refractivity contribution in [1.29, 1.82) is 0 Å². The Bertz CT molecular complexity index is 450. The predicted octanol–water partition coefficient (Wildman–Crippen LogP) is 3.35.